The predicted octanol–water partition coefficient (Wildman–Crippen LogP) is 2.01. The second-order valence-corrected chi connectivity index (χ2v) is 5.83. The molecule has 0 aliphatic rings. The molecule has 0 radical (unpaired) electrons. The number of amides is 2. The van der Waals surface area contributed by atoms with E-state index in [0.29, 0.717) is 4.48 Å². The molecule has 9 heteroatoms. The normalized spacial score (nSPS) is 14.0. The molecule has 23 heavy (non-hydrogen) atoms. The number of nitrogens with one attached hydrogen (secondary N) is 1. The number of benzene rings is 1. The van der Waals surface area contributed by atoms with Gasteiger partial charge >= 0.3 is 6.18 Å². The number of hydrogen-bond acceptors (Lipinski definition) is 3. The van der Waals surface area contributed by atoms with Crippen LogP contribution in [0.1, 0.15) is 23.7 Å². The molecule has 0 fully saturated rings. The molecule has 0 unspecified atom stereocenters. The van der Waals surface area contributed by atoms with E-state index in [1.807, 2.05) is 0 Å². The number of aliphatic hydroxyl groups excluding tert-OH is 1. The van der Waals surface area contributed by atoms with Gasteiger partial charge in [0.25, 0.3) is 5.91 Å². The van der Waals surface area contributed by atoms with E-state index in [2.05, 4.69) is 27.8 Å². The van der Waals surface area contributed by atoms with Crippen molar-refractivity contribution < 1.29 is 27.9 Å². The van der Waals surface area contributed by atoms with Crippen LogP contribution < -0.4 is 11.1 Å². The van der Waals surface area contributed by atoms with Crippen molar-refractivity contribution in [3.05, 3.63) is 46.5 Å². The van der Waals surface area contributed by atoms with Gasteiger partial charge in [-0.3, -0.25) is 9.59 Å². The number of hydrogen-bond donors (Lipinski definition) is 3. The molecule has 1 aromatic rings. The first-order valence-electron chi connectivity index (χ1n) is 6.30. The number of rotatable bonds is 6. The fraction of sp³-hybridized carbons (Fsp3) is 0.286. The van der Waals surface area contributed by atoms with E-state index in [1.54, 1.807) is 0 Å². The summed E-state index contributed by atoms with van der Waals surface area (Å²) in [6.45, 7) is 3.51. The van der Waals surface area contributed by atoms with Gasteiger partial charge in [0.15, 0.2) is 6.10 Å². The van der Waals surface area contributed by atoms with E-state index in [9.17, 15) is 27.9 Å². The zero-order chi connectivity index (χ0) is 17.8. The molecule has 1 aromatic carbocycles. The van der Waals surface area contributed by atoms with E-state index < -0.39 is 35.7 Å². The summed E-state index contributed by atoms with van der Waals surface area (Å²) >= 11 is 3.02. The van der Waals surface area contributed by atoms with Crippen LogP contribution in [0.5, 0.6) is 0 Å². The smallest absolute Gasteiger partial charge is 0.378 e. The Kier molecular flexibility index (Phi) is 6.34. The highest BCUT2D eigenvalue weighted by molar-refractivity contribution is 9.11. The number of carbonyl (C=O) groups excluding carboxylic acids is 2. The molecule has 2 atom stereocenters. The third kappa shape index (κ3) is 5.68. The summed E-state index contributed by atoms with van der Waals surface area (Å²) in [6.07, 6.45) is -6.23. The highest BCUT2D eigenvalue weighted by Gasteiger charge is 2.31. The van der Waals surface area contributed by atoms with Crippen LogP contribution >= 0.6 is 15.9 Å². The van der Waals surface area contributed by atoms with Gasteiger partial charge in [-0.1, -0.05) is 34.6 Å². The van der Waals surface area contributed by atoms with Gasteiger partial charge in [0.05, 0.1) is 5.56 Å². The second kappa shape index (κ2) is 7.60. The molecule has 126 valence electrons. The molecule has 1 rings (SSSR count). The number of halogens is 4. The number of nitrogens with two attached hydrogens (primary N) is 1. The van der Waals surface area contributed by atoms with E-state index in [0.717, 1.165) is 24.3 Å². The highest BCUT2D eigenvalue weighted by atomic mass is 79.9. The van der Waals surface area contributed by atoms with Crippen LogP contribution in [0.15, 0.2) is 35.3 Å². The van der Waals surface area contributed by atoms with Gasteiger partial charge in [-0.25, -0.2) is 0 Å². The highest BCUT2D eigenvalue weighted by Crippen LogP contribution is 2.30. The Balaban J connectivity index is 2.83. The summed E-state index contributed by atoms with van der Waals surface area (Å²) in [6, 6.07) is 2.36. The maximum Gasteiger partial charge on any atom is 0.416 e. The Labute approximate surface area is 138 Å². The molecule has 2 amide bonds. The molecule has 5 nitrogen and oxygen atoms in total. The van der Waals surface area contributed by atoms with Gasteiger partial charge in [-0.15, -0.1) is 0 Å². The summed E-state index contributed by atoms with van der Waals surface area (Å²) in [7, 11) is 0. The average molecular weight is 395 g/mol. The SMILES string of the molecule is C=C(Br)C[C@H](NC(=O)[C@@H](O)c1ccc(C(F)(F)F)cc1)C(N)=O. The summed E-state index contributed by atoms with van der Waals surface area (Å²) in [5.74, 6) is -1.79. The van der Waals surface area contributed by atoms with Crippen LogP contribution in [0.25, 0.3) is 0 Å². The summed E-state index contributed by atoms with van der Waals surface area (Å²) < 4.78 is 37.8. The molecule has 0 spiro atoms. The van der Waals surface area contributed by atoms with E-state index in [1.165, 1.54) is 0 Å². The first kappa shape index (κ1) is 19.2. The van der Waals surface area contributed by atoms with Gasteiger partial charge in [0.2, 0.25) is 5.91 Å². The summed E-state index contributed by atoms with van der Waals surface area (Å²) in [5, 5.41) is 12.1. The summed E-state index contributed by atoms with van der Waals surface area (Å²) in [4.78, 5) is 23.1. The third-order valence-corrected chi connectivity index (χ3v) is 3.21. The minimum Gasteiger partial charge on any atom is -0.378 e. The lowest BCUT2D eigenvalue weighted by molar-refractivity contribution is -0.137. The van der Waals surface area contributed by atoms with Crippen molar-refractivity contribution in [2.45, 2.75) is 24.7 Å². The average Bonchev–Trinajstić information content (AvgIpc) is 2.44. The van der Waals surface area contributed by atoms with Gasteiger partial charge in [-0.2, -0.15) is 13.2 Å². The maximum absolute atomic E-state index is 12.5. The predicted molar refractivity (Wildman–Crippen MR) is 80.2 cm³/mol. The Morgan fingerprint density at radius 3 is 2.22 bits per heavy atom. The molecule has 0 aromatic heterocycles. The third-order valence-electron chi connectivity index (χ3n) is 2.89. The Hall–Kier alpha value is -1.87. The van der Waals surface area contributed by atoms with Crippen LogP contribution in [-0.4, -0.2) is 23.0 Å². The molecule has 0 aliphatic carbocycles. The monoisotopic (exact) mass is 394 g/mol. The quantitative estimate of drug-likeness (QED) is 0.688. The zero-order valence-electron chi connectivity index (χ0n) is 11.7. The maximum atomic E-state index is 12.5. The van der Waals surface area contributed by atoms with Crippen molar-refractivity contribution in [2.24, 2.45) is 5.73 Å². The minimum atomic E-state index is -4.51. The van der Waals surface area contributed by atoms with Crippen LogP contribution in [-0.2, 0) is 15.8 Å². The van der Waals surface area contributed by atoms with Crippen LogP contribution in [0.2, 0.25) is 0 Å². The largest absolute Gasteiger partial charge is 0.416 e. The standard InChI is InChI=1S/C14H14BrF3N2O3/c1-7(15)6-10(12(19)22)20-13(23)11(21)8-2-4-9(5-3-8)14(16,17)18/h2-5,10-11,21H,1,6H2,(H2,19,22)(H,20,23)/t10-,11-/m0/s1. The molecule has 0 bridgehead atoms. The molecule has 0 aliphatic heterocycles. The minimum absolute atomic E-state index is 0.0147. The number of primary amides is 1. The number of carbonyl (C=O) groups is 2. The zero-order valence-corrected chi connectivity index (χ0v) is 13.3. The topological polar surface area (TPSA) is 92.4 Å². The van der Waals surface area contributed by atoms with Crippen molar-refractivity contribution in [1.82, 2.24) is 5.32 Å². The van der Waals surface area contributed by atoms with Crippen molar-refractivity contribution in [1.29, 1.82) is 0 Å². The van der Waals surface area contributed by atoms with E-state index in [4.69, 9.17) is 5.73 Å². The Bertz CT molecular complexity index is 602. The first-order valence-corrected chi connectivity index (χ1v) is 7.10. The van der Waals surface area contributed by atoms with Gasteiger partial charge in [0.1, 0.15) is 6.04 Å². The van der Waals surface area contributed by atoms with E-state index in [-0.39, 0.29) is 12.0 Å². The lowest BCUT2D eigenvalue weighted by Gasteiger charge is -2.18. The lowest BCUT2D eigenvalue weighted by Crippen LogP contribution is -2.46. The van der Waals surface area contributed by atoms with Crippen LogP contribution in [0, 0.1) is 0 Å². The van der Waals surface area contributed by atoms with Crippen LogP contribution in [0.4, 0.5) is 13.2 Å². The van der Waals surface area contributed by atoms with Crippen molar-refractivity contribution >= 4 is 27.7 Å². The van der Waals surface area contributed by atoms with Crippen molar-refractivity contribution in [3.63, 3.8) is 0 Å². The fourth-order valence-corrected chi connectivity index (χ4v) is 2.02. The van der Waals surface area contributed by atoms with Crippen LogP contribution in [0.3, 0.4) is 0 Å². The molecule has 4 N–H and O–H groups in total. The second-order valence-electron chi connectivity index (χ2n) is 4.71. The molecular weight excluding hydrogens is 381 g/mol. The van der Waals surface area contributed by atoms with Crippen molar-refractivity contribution in [2.75, 3.05) is 0 Å². The number of aliphatic hydroxyl groups is 1. The molecular formula is C14H14BrF3N2O3. The van der Waals surface area contributed by atoms with Crippen molar-refractivity contribution in [3.8, 4) is 0 Å². The van der Waals surface area contributed by atoms with Gasteiger partial charge in [0, 0.05) is 6.42 Å². The molecule has 0 saturated heterocycles. The van der Waals surface area contributed by atoms with Gasteiger partial charge in [-0.05, 0) is 22.2 Å². The Morgan fingerprint density at radius 2 is 1.83 bits per heavy atom. The van der Waals surface area contributed by atoms with E-state index >= 15 is 0 Å². The first-order chi connectivity index (χ1) is 10.5. The van der Waals surface area contributed by atoms with Gasteiger partial charge < -0.3 is 16.2 Å². The molecule has 0 heterocycles. The molecule has 0 saturated carbocycles. The summed E-state index contributed by atoms with van der Waals surface area (Å²) in [5.41, 5.74) is 4.17. The number of alkyl halides is 3. The fourth-order valence-electron chi connectivity index (χ4n) is 1.70. The lowest BCUT2D eigenvalue weighted by atomic mass is 10.1. The Morgan fingerprint density at radius 1 is 1.30 bits per heavy atom.